The van der Waals surface area contributed by atoms with Gasteiger partial charge in [-0.05, 0) is 67.8 Å². The Balaban J connectivity index is 1.73. The second kappa shape index (κ2) is 10.1. The molecule has 8 heteroatoms. The predicted molar refractivity (Wildman–Crippen MR) is 128 cm³/mol. The lowest BCUT2D eigenvalue weighted by Gasteiger charge is -2.32. The van der Waals surface area contributed by atoms with Gasteiger partial charge in [-0.25, -0.2) is 13.1 Å². The van der Waals surface area contributed by atoms with Crippen molar-refractivity contribution in [2.24, 2.45) is 5.92 Å². The minimum absolute atomic E-state index is 0.125. The standard InChI is InChI=1S/C23H31N3O3S2/c1-16-11-13-26(14-12-16)20-7-5-19(6-8-20)17(2)25-31(28,29)21-9-10-23(30-4)22(15-21)24-18(3)27/h5-10,15-17,25H,11-14H2,1-4H3,(H,24,27)/t17-/m1/s1. The lowest BCUT2D eigenvalue weighted by atomic mass is 9.98. The molecule has 0 bridgehead atoms. The highest BCUT2D eigenvalue weighted by molar-refractivity contribution is 7.98. The van der Waals surface area contributed by atoms with E-state index in [1.54, 1.807) is 12.1 Å². The summed E-state index contributed by atoms with van der Waals surface area (Å²) in [5.74, 6) is 0.538. The van der Waals surface area contributed by atoms with Gasteiger partial charge in [0.05, 0.1) is 10.6 Å². The summed E-state index contributed by atoms with van der Waals surface area (Å²) in [5.41, 5.74) is 2.58. The minimum Gasteiger partial charge on any atom is -0.372 e. The summed E-state index contributed by atoms with van der Waals surface area (Å²) in [6.45, 7) is 7.65. The molecule has 1 aliphatic heterocycles. The first-order valence-electron chi connectivity index (χ1n) is 10.5. The number of nitrogens with one attached hydrogen (secondary N) is 2. The van der Waals surface area contributed by atoms with Crippen molar-refractivity contribution in [1.82, 2.24) is 4.72 Å². The molecule has 0 unspecified atom stereocenters. The summed E-state index contributed by atoms with van der Waals surface area (Å²) in [6, 6.07) is 12.5. The minimum atomic E-state index is -3.75. The van der Waals surface area contributed by atoms with Crippen molar-refractivity contribution >= 4 is 39.1 Å². The van der Waals surface area contributed by atoms with E-state index >= 15 is 0 Å². The maximum atomic E-state index is 13.0. The molecule has 1 aliphatic rings. The van der Waals surface area contributed by atoms with Crippen LogP contribution < -0.4 is 14.9 Å². The van der Waals surface area contributed by atoms with Gasteiger partial charge in [-0.15, -0.1) is 11.8 Å². The molecule has 1 saturated heterocycles. The Morgan fingerprint density at radius 2 is 1.77 bits per heavy atom. The SMILES string of the molecule is CSc1ccc(S(=O)(=O)N[C@H](C)c2ccc(N3CCC(C)CC3)cc2)cc1NC(C)=O. The normalized spacial score (nSPS) is 16.2. The molecule has 2 aromatic carbocycles. The number of amides is 1. The van der Waals surface area contributed by atoms with Crippen molar-refractivity contribution < 1.29 is 13.2 Å². The van der Waals surface area contributed by atoms with Gasteiger partial charge in [0.2, 0.25) is 15.9 Å². The predicted octanol–water partition coefficient (Wildman–Crippen LogP) is 4.64. The molecular formula is C23H31N3O3S2. The Morgan fingerprint density at radius 1 is 1.13 bits per heavy atom. The van der Waals surface area contributed by atoms with Gasteiger partial charge in [0.15, 0.2) is 0 Å². The summed E-state index contributed by atoms with van der Waals surface area (Å²) in [7, 11) is -3.75. The van der Waals surface area contributed by atoms with Crippen LogP contribution in [-0.4, -0.2) is 33.7 Å². The number of sulfonamides is 1. The maximum Gasteiger partial charge on any atom is 0.241 e. The third kappa shape index (κ3) is 6.02. The first-order valence-corrected chi connectivity index (χ1v) is 13.2. The average Bonchev–Trinajstić information content (AvgIpc) is 2.73. The molecule has 31 heavy (non-hydrogen) atoms. The number of hydrogen-bond acceptors (Lipinski definition) is 5. The van der Waals surface area contributed by atoms with Crippen LogP contribution in [0.25, 0.3) is 0 Å². The fraction of sp³-hybridized carbons (Fsp3) is 0.435. The molecule has 2 N–H and O–H groups in total. The third-order valence-corrected chi connectivity index (χ3v) is 8.00. The van der Waals surface area contributed by atoms with Gasteiger partial charge in [-0.2, -0.15) is 0 Å². The molecular weight excluding hydrogens is 430 g/mol. The van der Waals surface area contributed by atoms with E-state index in [-0.39, 0.29) is 16.8 Å². The number of anilines is 2. The smallest absolute Gasteiger partial charge is 0.241 e. The zero-order chi connectivity index (χ0) is 22.6. The van der Waals surface area contributed by atoms with Crippen molar-refractivity contribution in [2.75, 3.05) is 29.6 Å². The van der Waals surface area contributed by atoms with Crippen molar-refractivity contribution in [1.29, 1.82) is 0 Å². The van der Waals surface area contributed by atoms with Gasteiger partial charge in [-0.3, -0.25) is 4.79 Å². The molecule has 1 atom stereocenters. The largest absolute Gasteiger partial charge is 0.372 e. The van der Waals surface area contributed by atoms with Gasteiger partial charge in [0.25, 0.3) is 0 Å². The number of benzene rings is 2. The Morgan fingerprint density at radius 3 is 2.35 bits per heavy atom. The van der Waals surface area contributed by atoms with Gasteiger partial charge in [-0.1, -0.05) is 19.1 Å². The molecule has 1 amide bonds. The quantitative estimate of drug-likeness (QED) is 0.587. The summed E-state index contributed by atoms with van der Waals surface area (Å²) in [6.07, 6.45) is 4.28. The Hall–Kier alpha value is -2.03. The molecule has 6 nitrogen and oxygen atoms in total. The number of carbonyl (C=O) groups excluding carboxylic acids is 1. The number of piperidine rings is 1. The van der Waals surface area contributed by atoms with Gasteiger partial charge in [0.1, 0.15) is 0 Å². The van der Waals surface area contributed by atoms with E-state index < -0.39 is 10.0 Å². The van der Waals surface area contributed by atoms with Crippen LogP contribution in [0, 0.1) is 5.92 Å². The lowest BCUT2D eigenvalue weighted by molar-refractivity contribution is -0.114. The van der Waals surface area contributed by atoms with Crippen LogP contribution in [0.1, 0.15) is 45.2 Å². The Labute approximate surface area is 189 Å². The number of carbonyl (C=O) groups is 1. The van der Waals surface area contributed by atoms with Crippen LogP contribution in [0.3, 0.4) is 0 Å². The van der Waals surface area contributed by atoms with Gasteiger partial charge < -0.3 is 10.2 Å². The van der Waals surface area contributed by atoms with Gasteiger partial charge in [0, 0.05) is 36.6 Å². The molecule has 2 aromatic rings. The second-order valence-corrected chi connectivity index (χ2v) is 10.7. The van der Waals surface area contributed by atoms with E-state index in [0.29, 0.717) is 5.69 Å². The summed E-state index contributed by atoms with van der Waals surface area (Å²) in [4.78, 5) is 14.8. The number of thioether (sulfide) groups is 1. The molecule has 0 aromatic heterocycles. The highest BCUT2D eigenvalue weighted by atomic mass is 32.2. The molecule has 1 heterocycles. The molecule has 3 rings (SSSR count). The van der Waals surface area contributed by atoms with Crippen molar-refractivity contribution in [3.8, 4) is 0 Å². The summed E-state index contributed by atoms with van der Waals surface area (Å²) >= 11 is 1.45. The van der Waals surface area contributed by atoms with Crippen molar-refractivity contribution in [2.45, 2.75) is 49.4 Å². The van der Waals surface area contributed by atoms with Crippen LogP contribution in [0.4, 0.5) is 11.4 Å². The van der Waals surface area contributed by atoms with Crippen LogP contribution >= 0.6 is 11.8 Å². The zero-order valence-corrected chi connectivity index (χ0v) is 20.1. The number of nitrogens with zero attached hydrogens (tertiary/aromatic N) is 1. The number of rotatable bonds is 7. The Kier molecular flexibility index (Phi) is 7.67. The highest BCUT2D eigenvalue weighted by Gasteiger charge is 2.21. The van der Waals surface area contributed by atoms with Gasteiger partial charge >= 0.3 is 0 Å². The monoisotopic (exact) mass is 461 g/mol. The van der Waals surface area contributed by atoms with Crippen LogP contribution in [0.5, 0.6) is 0 Å². The molecule has 0 aliphatic carbocycles. The van der Waals surface area contributed by atoms with Crippen LogP contribution in [-0.2, 0) is 14.8 Å². The average molecular weight is 462 g/mol. The fourth-order valence-corrected chi connectivity index (χ4v) is 5.54. The van der Waals surface area contributed by atoms with E-state index in [4.69, 9.17) is 0 Å². The second-order valence-electron chi connectivity index (χ2n) is 8.15. The molecule has 0 saturated carbocycles. The van der Waals surface area contributed by atoms with E-state index in [1.807, 2.05) is 25.3 Å². The van der Waals surface area contributed by atoms with E-state index in [2.05, 4.69) is 34.0 Å². The van der Waals surface area contributed by atoms with Crippen molar-refractivity contribution in [3.63, 3.8) is 0 Å². The maximum absolute atomic E-state index is 13.0. The van der Waals surface area contributed by atoms with Crippen molar-refractivity contribution in [3.05, 3.63) is 48.0 Å². The third-order valence-electron chi connectivity index (χ3n) is 5.67. The summed E-state index contributed by atoms with van der Waals surface area (Å²) in [5, 5.41) is 2.71. The van der Waals surface area contributed by atoms with E-state index in [0.717, 1.165) is 29.5 Å². The first kappa shape index (κ1) is 23.6. The molecule has 168 valence electrons. The topological polar surface area (TPSA) is 78.5 Å². The van der Waals surface area contributed by atoms with Crippen LogP contribution in [0.15, 0.2) is 52.3 Å². The Bertz CT molecular complexity index is 1010. The summed E-state index contributed by atoms with van der Waals surface area (Å²) < 4.78 is 28.7. The van der Waals surface area contributed by atoms with E-state index in [1.165, 1.54) is 43.3 Å². The van der Waals surface area contributed by atoms with Crippen LogP contribution in [0.2, 0.25) is 0 Å². The lowest BCUT2D eigenvalue weighted by Crippen LogP contribution is -2.32. The zero-order valence-electron chi connectivity index (χ0n) is 18.5. The molecule has 1 fully saturated rings. The molecule has 0 radical (unpaired) electrons. The van der Waals surface area contributed by atoms with E-state index in [9.17, 15) is 13.2 Å². The molecule has 0 spiro atoms. The highest BCUT2D eigenvalue weighted by Crippen LogP contribution is 2.29. The fourth-order valence-electron chi connectivity index (χ4n) is 3.75. The number of hydrogen-bond donors (Lipinski definition) is 2. The first-order chi connectivity index (χ1) is 14.7.